The maximum absolute atomic E-state index is 12.2. The number of amides is 1. The van der Waals surface area contributed by atoms with E-state index in [9.17, 15) is 4.79 Å². The van der Waals surface area contributed by atoms with Crippen LogP contribution in [0.1, 0.15) is 17.9 Å². The molecule has 0 atom stereocenters. The monoisotopic (exact) mass is 363 g/mol. The summed E-state index contributed by atoms with van der Waals surface area (Å²) in [5, 5.41) is 3.49. The molecule has 0 radical (unpaired) electrons. The van der Waals surface area contributed by atoms with E-state index < -0.39 is 0 Å². The first-order valence-electron chi connectivity index (χ1n) is 8.35. The second-order valence-corrected chi connectivity index (χ2v) is 7.00. The smallest absolute Gasteiger partial charge is 0.226 e. The molecule has 0 aliphatic carbocycles. The molecule has 0 unspecified atom stereocenters. The van der Waals surface area contributed by atoms with Gasteiger partial charge in [0, 0.05) is 18.4 Å². The molecule has 0 bridgehead atoms. The second-order valence-electron chi connectivity index (χ2n) is 5.97. The Labute approximate surface area is 154 Å². The Bertz CT molecular complexity index is 1050. The molecule has 26 heavy (non-hydrogen) atoms. The van der Waals surface area contributed by atoms with Gasteiger partial charge in [0.2, 0.25) is 5.91 Å². The lowest BCUT2D eigenvalue weighted by molar-refractivity contribution is -0.116. The molecule has 1 N–H and O–H groups in total. The lowest BCUT2D eigenvalue weighted by Gasteiger charge is -1.99. The molecule has 0 spiro atoms. The van der Waals surface area contributed by atoms with Crippen molar-refractivity contribution in [3.63, 3.8) is 0 Å². The van der Waals surface area contributed by atoms with E-state index in [2.05, 4.69) is 15.3 Å². The minimum Gasteiger partial charge on any atom is -0.441 e. The van der Waals surface area contributed by atoms with Gasteiger partial charge >= 0.3 is 0 Å². The van der Waals surface area contributed by atoms with Crippen LogP contribution in [-0.4, -0.2) is 15.9 Å². The largest absolute Gasteiger partial charge is 0.441 e. The third-order valence-corrected chi connectivity index (χ3v) is 4.98. The maximum atomic E-state index is 12.2. The molecule has 0 aliphatic heterocycles. The van der Waals surface area contributed by atoms with Crippen molar-refractivity contribution < 1.29 is 9.21 Å². The number of fused-ring (bicyclic) bond motifs is 1. The lowest BCUT2D eigenvalue weighted by Crippen LogP contribution is -2.12. The molecule has 2 aromatic heterocycles. The fourth-order valence-corrected chi connectivity index (χ4v) is 3.66. The number of nitrogens with one attached hydrogen (secondary N) is 1. The van der Waals surface area contributed by atoms with Crippen molar-refractivity contribution >= 4 is 32.6 Å². The molecule has 4 aromatic rings. The summed E-state index contributed by atoms with van der Waals surface area (Å²) in [6.07, 6.45) is 2.44. The zero-order valence-corrected chi connectivity index (χ0v) is 15.0. The van der Waals surface area contributed by atoms with Gasteiger partial charge in [0.15, 0.2) is 16.8 Å². The van der Waals surface area contributed by atoms with Crippen LogP contribution in [0.4, 0.5) is 5.13 Å². The van der Waals surface area contributed by atoms with Gasteiger partial charge in [-0.15, -0.1) is 0 Å². The third-order valence-electron chi connectivity index (χ3n) is 4.04. The van der Waals surface area contributed by atoms with E-state index in [1.165, 1.54) is 11.3 Å². The summed E-state index contributed by atoms with van der Waals surface area (Å²) >= 11 is 1.48. The Morgan fingerprint density at radius 1 is 1.15 bits per heavy atom. The number of aryl methyl sites for hydroxylation is 2. The first kappa shape index (κ1) is 16.5. The molecule has 0 saturated heterocycles. The molecule has 2 aromatic carbocycles. The van der Waals surface area contributed by atoms with E-state index in [0.717, 1.165) is 21.3 Å². The number of hydrogen-bond donors (Lipinski definition) is 1. The van der Waals surface area contributed by atoms with Crippen LogP contribution in [0.25, 0.3) is 21.5 Å². The van der Waals surface area contributed by atoms with E-state index >= 15 is 0 Å². The highest BCUT2D eigenvalue weighted by Crippen LogP contribution is 2.28. The van der Waals surface area contributed by atoms with Crippen molar-refractivity contribution in [2.75, 3.05) is 5.32 Å². The lowest BCUT2D eigenvalue weighted by atomic mass is 10.2. The van der Waals surface area contributed by atoms with Crippen LogP contribution in [0.15, 0.2) is 59.1 Å². The van der Waals surface area contributed by atoms with Gasteiger partial charge in [-0.2, -0.15) is 0 Å². The van der Waals surface area contributed by atoms with E-state index in [1.807, 2.05) is 55.5 Å². The van der Waals surface area contributed by atoms with Crippen LogP contribution in [0, 0.1) is 6.92 Å². The molecule has 1 amide bonds. The molecule has 0 aliphatic rings. The number of nitrogens with zero attached hydrogens (tertiary/aromatic N) is 2. The molecule has 2 heterocycles. The Hall–Kier alpha value is -2.99. The first-order chi connectivity index (χ1) is 12.7. The molecule has 0 saturated carbocycles. The predicted octanol–water partition coefficient (Wildman–Crippen LogP) is 4.83. The number of carbonyl (C=O) groups is 1. The normalized spacial score (nSPS) is 11.0. The number of aromatic nitrogens is 2. The summed E-state index contributed by atoms with van der Waals surface area (Å²) in [5.74, 6) is 1.17. The number of carbonyl (C=O) groups excluding carboxylic acids is 1. The van der Waals surface area contributed by atoms with Crippen LogP contribution < -0.4 is 5.32 Å². The van der Waals surface area contributed by atoms with Gasteiger partial charge in [0.1, 0.15) is 0 Å². The summed E-state index contributed by atoms with van der Waals surface area (Å²) in [7, 11) is 0. The first-order valence-corrected chi connectivity index (χ1v) is 9.17. The number of rotatable bonds is 5. The van der Waals surface area contributed by atoms with E-state index in [-0.39, 0.29) is 5.91 Å². The molecule has 4 rings (SSSR count). The zero-order valence-electron chi connectivity index (χ0n) is 14.2. The molecule has 0 fully saturated rings. The number of thiazole rings is 1. The maximum Gasteiger partial charge on any atom is 0.226 e. The van der Waals surface area contributed by atoms with Crippen molar-refractivity contribution in [1.29, 1.82) is 0 Å². The van der Waals surface area contributed by atoms with Gasteiger partial charge in [-0.25, -0.2) is 9.97 Å². The zero-order chi connectivity index (χ0) is 17.9. The van der Waals surface area contributed by atoms with Crippen LogP contribution in [-0.2, 0) is 11.2 Å². The number of hydrogen-bond acceptors (Lipinski definition) is 5. The van der Waals surface area contributed by atoms with Crippen molar-refractivity contribution in [2.45, 2.75) is 19.8 Å². The highest BCUT2D eigenvalue weighted by Gasteiger charge is 2.11. The number of para-hydroxylation sites is 1. The highest BCUT2D eigenvalue weighted by atomic mass is 32.1. The Morgan fingerprint density at radius 2 is 2.00 bits per heavy atom. The third kappa shape index (κ3) is 3.50. The van der Waals surface area contributed by atoms with Gasteiger partial charge in [0.25, 0.3) is 0 Å². The van der Waals surface area contributed by atoms with Crippen LogP contribution in [0.2, 0.25) is 0 Å². The van der Waals surface area contributed by atoms with E-state index in [1.54, 1.807) is 6.20 Å². The predicted molar refractivity (Wildman–Crippen MR) is 103 cm³/mol. The summed E-state index contributed by atoms with van der Waals surface area (Å²) in [4.78, 5) is 21.0. The number of anilines is 1. The van der Waals surface area contributed by atoms with Crippen molar-refractivity contribution in [1.82, 2.24) is 9.97 Å². The highest BCUT2D eigenvalue weighted by molar-refractivity contribution is 7.22. The Balaban J connectivity index is 1.38. The summed E-state index contributed by atoms with van der Waals surface area (Å²) < 4.78 is 6.80. The van der Waals surface area contributed by atoms with Crippen LogP contribution in [0.5, 0.6) is 0 Å². The number of oxazole rings is 1. The van der Waals surface area contributed by atoms with E-state index in [0.29, 0.717) is 29.6 Å². The Morgan fingerprint density at radius 3 is 2.81 bits per heavy atom. The van der Waals surface area contributed by atoms with Crippen LogP contribution in [0.3, 0.4) is 0 Å². The molecule has 5 nitrogen and oxygen atoms in total. The topological polar surface area (TPSA) is 68.0 Å². The van der Waals surface area contributed by atoms with Crippen molar-refractivity contribution in [3.05, 3.63) is 66.2 Å². The van der Waals surface area contributed by atoms with Gasteiger partial charge in [-0.05, 0) is 18.6 Å². The minimum absolute atomic E-state index is 0.0961. The second kappa shape index (κ2) is 7.09. The molecular formula is C20H17N3O2S. The van der Waals surface area contributed by atoms with E-state index in [4.69, 9.17) is 4.42 Å². The fraction of sp³-hybridized carbons (Fsp3) is 0.150. The summed E-state index contributed by atoms with van der Waals surface area (Å²) in [5.41, 5.74) is 3.01. The van der Waals surface area contributed by atoms with Gasteiger partial charge < -0.3 is 9.73 Å². The Kier molecular flexibility index (Phi) is 4.50. The van der Waals surface area contributed by atoms with Crippen molar-refractivity contribution in [3.8, 4) is 11.3 Å². The summed E-state index contributed by atoms with van der Waals surface area (Å²) in [6.45, 7) is 2.01. The van der Waals surface area contributed by atoms with Crippen molar-refractivity contribution in [2.24, 2.45) is 0 Å². The van der Waals surface area contributed by atoms with Gasteiger partial charge in [-0.1, -0.05) is 53.8 Å². The molecular weight excluding hydrogens is 346 g/mol. The molecule has 6 heteroatoms. The fourth-order valence-electron chi connectivity index (χ4n) is 2.70. The minimum atomic E-state index is -0.0961. The van der Waals surface area contributed by atoms with Gasteiger partial charge in [0.05, 0.1) is 16.4 Å². The quantitative estimate of drug-likeness (QED) is 0.551. The van der Waals surface area contributed by atoms with Crippen LogP contribution >= 0.6 is 11.3 Å². The summed E-state index contributed by atoms with van der Waals surface area (Å²) in [6, 6.07) is 15.8. The average molecular weight is 363 g/mol. The standard InChI is InChI=1S/C20H17N3O2S/c1-13-6-5-9-16-19(13)23-20(26-16)22-17(24)10-11-18-21-12-15(25-18)14-7-3-2-4-8-14/h2-9,12H,10-11H2,1H3,(H,22,23,24). The SMILES string of the molecule is Cc1cccc2sc(NC(=O)CCc3ncc(-c4ccccc4)o3)nc12. The van der Waals surface area contributed by atoms with Gasteiger partial charge in [-0.3, -0.25) is 4.79 Å². The average Bonchev–Trinajstić information content (AvgIpc) is 3.28. The molecule has 130 valence electrons. The number of benzene rings is 2.